The van der Waals surface area contributed by atoms with Gasteiger partial charge in [0.05, 0.1) is 12.2 Å². The molecule has 2 rings (SSSR count). The van der Waals surface area contributed by atoms with E-state index in [2.05, 4.69) is 0 Å². The van der Waals surface area contributed by atoms with Crippen LogP contribution in [0, 0.1) is 17.8 Å². The van der Waals surface area contributed by atoms with E-state index in [1.807, 2.05) is 0 Å². The zero-order valence-corrected chi connectivity index (χ0v) is 14.5. The molecule has 2 bridgehead atoms. The molecular formula is C15H15F13O2. The highest BCUT2D eigenvalue weighted by atomic mass is 19.4. The maximum atomic E-state index is 13.8. The molecule has 30 heavy (non-hydrogen) atoms. The highest BCUT2D eigenvalue weighted by molar-refractivity contribution is 5.10. The van der Waals surface area contributed by atoms with Crippen molar-refractivity contribution in [3.63, 3.8) is 0 Å². The molecule has 0 spiro atoms. The van der Waals surface area contributed by atoms with Crippen molar-refractivity contribution < 1.29 is 67.3 Å². The zero-order valence-electron chi connectivity index (χ0n) is 14.5. The summed E-state index contributed by atoms with van der Waals surface area (Å²) >= 11 is 0. The molecule has 0 saturated heterocycles. The van der Waals surface area contributed by atoms with Crippen LogP contribution in [0.15, 0.2) is 0 Å². The first-order chi connectivity index (χ1) is 13.1. The van der Waals surface area contributed by atoms with Crippen LogP contribution >= 0.6 is 0 Å². The van der Waals surface area contributed by atoms with Gasteiger partial charge in [0.25, 0.3) is 0 Å². The Morgan fingerprint density at radius 1 is 0.600 bits per heavy atom. The molecular weight excluding hydrogens is 459 g/mol. The first-order valence-electron chi connectivity index (χ1n) is 8.45. The Labute approximate surface area is 160 Å². The van der Waals surface area contributed by atoms with Crippen LogP contribution in [0.1, 0.15) is 25.7 Å². The Kier molecular flexibility index (Phi) is 5.90. The molecule has 15 heteroatoms. The van der Waals surface area contributed by atoms with Gasteiger partial charge in [-0.25, -0.2) is 0 Å². The molecule has 0 radical (unpaired) electrons. The molecule has 2 nitrogen and oxygen atoms in total. The number of halogens is 13. The van der Waals surface area contributed by atoms with E-state index in [4.69, 9.17) is 0 Å². The molecule has 2 fully saturated rings. The number of hydrogen-bond donors (Lipinski definition) is 2. The third-order valence-electron chi connectivity index (χ3n) is 5.88. The molecule has 0 aromatic rings. The minimum absolute atomic E-state index is 0.0801. The molecule has 2 saturated carbocycles. The van der Waals surface area contributed by atoms with Crippen LogP contribution in [-0.4, -0.2) is 58.2 Å². The Morgan fingerprint density at radius 3 is 1.47 bits per heavy atom. The topological polar surface area (TPSA) is 40.5 Å². The van der Waals surface area contributed by atoms with E-state index in [1.54, 1.807) is 0 Å². The van der Waals surface area contributed by atoms with E-state index in [-0.39, 0.29) is 12.8 Å². The van der Waals surface area contributed by atoms with Crippen LogP contribution in [0.4, 0.5) is 57.1 Å². The fourth-order valence-corrected chi connectivity index (χ4v) is 4.09. The Balaban J connectivity index is 2.23. The zero-order chi connectivity index (χ0) is 23.7. The molecule has 178 valence electrons. The first-order valence-corrected chi connectivity index (χ1v) is 8.45. The Bertz CT molecular complexity index is 643. The van der Waals surface area contributed by atoms with Gasteiger partial charge in [-0.05, 0) is 37.0 Å². The number of aliphatic hydroxyl groups excluding tert-OH is 2. The van der Waals surface area contributed by atoms with E-state index < -0.39 is 78.6 Å². The third kappa shape index (κ3) is 3.34. The summed E-state index contributed by atoms with van der Waals surface area (Å²) in [5.74, 6) is -39.2. The summed E-state index contributed by atoms with van der Waals surface area (Å²) in [5, 5.41) is 19.2. The lowest BCUT2D eigenvalue weighted by molar-refractivity contribution is -0.440. The van der Waals surface area contributed by atoms with Gasteiger partial charge in [-0.15, -0.1) is 0 Å². The van der Waals surface area contributed by atoms with Crippen molar-refractivity contribution in [2.75, 3.05) is 0 Å². The number of rotatable bonds is 7. The van der Waals surface area contributed by atoms with Crippen molar-refractivity contribution in [3.8, 4) is 0 Å². The van der Waals surface area contributed by atoms with E-state index in [0.717, 1.165) is 0 Å². The van der Waals surface area contributed by atoms with Gasteiger partial charge < -0.3 is 10.2 Å². The predicted molar refractivity (Wildman–Crippen MR) is 71.7 cm³/mol. The predicted octanol–water partition coefficient (Wildman–Crippen LogP) is 4.88. The average Bonchev–Trinajstić information content (AvgIpc) is 3.11. The van der Waals surface area contributed by atoms with Crippen LogP contribution < -0.4 is 0 Å². The highest BCUT2D eigenvalue weighted by Gasteiger charge is 2.90. The quantitative estimate of drug-likeness (QED) is 0.517. The normalized spacial score (nSPS) is 31.5. The molecule has 0 heterocycles. The standard InChI is InChI=1S/C15H15F13O2/c16-10(17,2-1-5-3-6-4-7(5)9(30)8(6)29)11(18,19)12(20,21)13(22,23)14(24,25)15(26,27)28/h5-9,29-30H,1-4H2. The molecule has 0 aromatic heterocycles. The van der Waals surface area contributed by atoms with E-state index in [1.165, 1.54) is 0 Å². The van der Waals surface area contributed by atoms with Gasteiger partial charge in [0.15, 0.2) is 0 Å². The number of alkyl halides is 13. The van der Waals surface area contributed by atoms with Crippen molar-refractivity contribution in [3.05, 3.63) is 0 Å². The van der Waals surface area contributed by atoms with E-state index >= 15 is 0 Å². The SMILES string of the molecule is OC1C2CC(CCC(F)(F)C(F)(F)C(F)(F)C(F)(F)C(F)(F)C(F)(F)F)C(C2)C1O. The largest absolute Gasteiger partial charge is 0.460 e. The van der Waals surface area contributed by atoms with Gasteiger partial charge in [0.1, 0.15) is 0 Å². The lowest BCUT2D eigenvalue weighted by atomic mass is 9.80. The van der Waals surface area contributed by atoms with Gasteiger partial charge in [-0.3, -0.25) is 0 Å². The van der Waals surface area contributed by atoms with Crippen LogP contribution in [-0.2, 0) is 0 Å². The second-order valence-electron chi connectivity index (χ2n) is 7.68. The molecule has 2 aliphatic carbocycles. The summed E-state index contributed by atoms with van der Waals surface area (Å²) in [6.45, 7) is 0. The first kappa shape index (κ1) is 25.3. The van der Waals surface area contributed by atoms with Gasteiger partial charge in [0.2, 0.25) is 0 Å². The molecule has 2 N–H and O–H groups in total. The van der Waals surface area contributed by atoms with E-state index in [0.29, 0.717) is 0 Å². The van der Waals surface area contributed by atoms with E-state index in [9.17, 15) is 67.3 Å². The van der Waals surface area contributed by atoms with Crippen LogP contribution in [0.2, 0.25) is 0 Å². The highest BCUT2D eigenvalue weighted by Crippen LogP contribution is 2.61. The smallest absolute Gasteiger partial charge is 0.390 e. The minimum atomic E-state index is -7.89. The number of hydrogen-bond acceptors (Lipinski definition) is 2. The summed E-state index contributed by atoms with van der Waals surface area (Å²) in [6.07, 6.45) is -13.3. The molecule has 5 unspecified atom stereocenters. The van der Waals surface area contributed by atoms with Crippen molar-refractivity contribution >= 4 is 0 Å². The second-order valence-corrected chi connectivity index (χ2v) is 7.68. The fraction of sp³-hybridized carbons (Fsp3) is 1.00. The lowest BCUT2D eigenvalue weighted by Crippen LogP contribution is -2.70. The van der Waals surface area contributed by atoms with Gasteiger partial charge in [-0.1, -0.05) is 0 Å². The van der Waals surface area contributed by atoms with Crippen molar-refractivity contribution in [1.29, 1.82) is 0 Å². The Morgan fingerprint density at radius 2 is 1.07 bits per heavy atom. The van der Waals surface area contributed by atoms with Crippen molar-refractivity contribution in [1.82, 2.24) is 0 Å². The van der Waals surface area contributed by atoms with Crippen molar-refractivity contribution in [2.45, 2.75) is 73.7 Å². The maximum absolute atomic E-state index is 13.8. The number of aliphatic hydroxyl groups is 2. The summed E-state index contributed by atoms with van der Waals surface area (Å²) in [5.41, 5.74) is 0. The molecule has 2 aliphatic rings. The molecule has 0 aliphatic heterocycles. The summed E-state index contributed by atoms with van der Waals surface area (Å²) < 4.78 is 170. The summed E-state index contributed by atoms with van der Waals surface area (Å²) in [4.78, 5) is 0. The third-order valence-corrected chi connectivity index (χ3v) is 5.88. The van der Waals surface area contributed by atoms with Crippen LogP contribution in [0.5, 0.6) is 0 Å². The van der Waals surface area contributed by atoms with Crippen LogP contribution in [0.25, 0.3) is 0 Å². The van der Waals surface area contributed by atoms with Gasteiger partial charge in [-0.2, -0.15) is 57.1 Å². The molecule has 0 amide bonds. The minimum Gasteiger partial charge on any atom is -0.390 e. The Hall–Kier alpha value is -0.990. The molecule has 0 aromatic carbocycles. The van der Waals surface area contributed by atoms with Crippen molar-refractivity contribution in [2.24, 2.45) is 17.8 Å². The fourth-order valence-electron chi connectivity index (χ4n) is 4.09. The lowest BCUT2D eigenvalue weighted by Gasteiger charge is -2.40. The summed E-state index contributed by atoms with van der Waals surface area (Å²) in [7, 11) is 0. The second kappa shape index (κ2) is 7.01. The number of fused-ring (bicyclic) bond motifs is 2. The summed E-state index contributed by atoms with van der Waals surface area (Å²) in [6, 6.07) is 0. The average molecular weight is 474 g/mol. The molecule has 5 atom stereocenters. The maximum Gasteiger partial charge on any atom is 0.460 e. The van der Waals surface area contributed by atoms with Crippen LogP contribution in [0.3, 0.4) is 0 Å². The van der Waals surface area contributed by atoms with Gasteiger partial charge >= 0.3 is 35.8 Å². The monoisotopic (exact) mass is 474 g/mol. The van der Waals surface area contributed by atoms with Gasteiger partial charge in [0, 0.05) is 6.42 Å².